The van der Waals surface area contributed by atoms with Gasteiger partial charge in [0.05, 0.1) is 24.9 Å². The van der Waals surface area contributed by atoms with E-state index in [-0.39, 0.29) is 24.0 Å². The maximum Gasteiger partial charge on any atom is 0.193 e. The molecule has 6 heteroatoms. The van der Waals surface area contributed by atoms with Gasteiger partial charge in [-0.3, -0.25) is 0 Å². The number of hydrogen-bond donors (Lipinski definition) is 2. The van der Waals surface area contributed by atoms with Crippen LogP contribution in [0.3, 0.4) is 0 Å². The number of benzene rings is 1. The van der Waals surface area contributed by atoms with Gasteiger partial charge < -0.3 is 20.5 Å². The summed E-state index contributed by atoms with van der Waals surface area (Å²) in [5, 5.41) is 3.09. The van der Waals surface area contributed by atoms with Crippen molar-refractivity contribution < 1.29 is 9.47 Å². The van der Waals surface area contributed by atoms with E-state index < -0.39 is 0 Å². The monoisotopic (exact) mass is 391 g/mol. The summed E-state index contributed by atoms with van der Waals surface area (Å²) in [6.07, 6.45) is 2.25. The van der Waals surface area contributed by atoms with Gasteiger partial charge in [-0.2, -0.15) is 0 Å². The average Bonchev–Trinajstić information content (AvgIpc) is 3.17. The molecule has 112 valence electrons. The highest BCUT2D eigenvalue weighted by atomic mass is 127. The first-order valence-electron chi connectivity index (χ1n) is 6.72. The zero-order valence-corrected chi connectivity index (χ0v) is 14.2. The minimum atomic E-state index is 0. The summed E-state index contributed by atoms with van der Waals surface area (Å²) < 4.78 is 11.0. The van der Waals surface area contributed by atoms with Gasteiger partial charge in [0.25, 0.3) is 0 Å². The number of aliphatic imine (C=N–C) groups is 1. The molecule has 1 aliphatic rings. The fraction of sp³-hybridized carbons (Fsp3) is 0.500. The van der Waals surface area contributed by atoms with Crippen LogP contribution in [0.4, 0.5) is 5.69 Å². The van der Waals surface area contributed by atoms with E-state index in [0.717, 1.165) is 30.0 Å². The van der Waals surface area contributed by atoms with E-state index in [1.807, 2.05) is 32.0 Å². The van der Waals surface area contributed by atoms with Gasteiger partial charge in [0, 0.05) is 6.07 Å². The predicted octanol–water partition coefficient (Wildman–Crippen LogP) is 2.99. The molecule has 0 aliphatic heterocycles. The molecule has 0 aromatic heterocycles. The molecule has 1 saturated carbocycles. The van der Waals surface area contributed by atoms with Crippen molar-refractivity contribution >= 4 is 35.6 Å². The average molecular weight is 391 g/mol. The van der Waals surface area contributed by atoms with Crippen LogP contribution in [-0.4, -0.2) is 25.2 Å². The van der Waals surface area contributed by atoms with Crippen LogP contribution in [0.25, 0.3) is 0 Å². The molecule has 1 fully saturated rings. The predicted molar refractivity (Wildman–Crippen MR) is 92.5 cm³/mol. The van der Waals surface area contributed by atoms with Crippen molar-refractivity contribution in [2.75, 3.05) is 18.5 Å². The Kier molecular flexibility index (Phi) is 6.90. The number of nitrogens with one attached hydrogen (secondary N) is 1. The van der Waals surface area contributed by atoms with Crippen LogP contribution in [0.1, 0.15) is 26.7 Å². The third-order valence-electron chi connectivity index (χ3n) is 2.69. The number of anilines is 1. The molecule has 1 aromatic carbocycles. The Balaban J connectivity index is 0.00000200. The Morgan fingerprint density at radius 1 is 1.30 bits per heavy atom. The summed E-state index contributed by atoms with van der Waals surface area (Å²) in [7, 11) is 0. The highest BCUT2D eigenvalue weighted by molar-refractivity contribution is 14.0. The first-order valence-corrected chi connectivity index (χ1v) is 6.72. The minimum Gasteiger partial charge on any atom is -0.494 e. The zero-order valence-electron chi connectivity index (χ0n) is 11.9. The summed E-state index contributed by atoms with van der Waals surface area (Å²) >= 11 is 0. The van der Waals surface area contributed by atoms with E-state index in [0.29, 0.717) is 25.2 Å². The third-order valence-corrected chi connectivity index (χ3v) is 2.69. The Bertz CT molecular complexity index is 462. The van der Waals surface area contributed by atoms with Crippen molar-refractivity contribution in [3.05, 3.63) is 18.2 Å². The van der Waals surface area contributed by atoms with Crippen molar-refractivity contribution in [1.82, 2.24) is 0 Å². The molecule has 3 N–H and O–H groups in total. The second kappa shape index (κ2) is 8.18. The highest BCUT2D eigenvalue weighted by Crippen LogP contribution is 2.30. The second-order valence-corrected chi connectivity index (χ2v) is 4.39. The van der Waals surface area contributed by atoms with Crippen LogP contribution in [0.5, 0.6) is 11.5 Å². The molecule has 20 heavy (non-hydrogen) atoms. The molecule has 5 nitrogen and oxygen atoms in total. The lowest BCUT2D eigenvalue weighted by molar-refractivity contribution is 0.332. The first kappa shape index (κ1) is 16.9. The Morgan fingerprint density at radius 2 is 2.00 bits per heavy atom. The van der Waals surface area contributed by atoms with Crippen LogP contribution in [-0.2, 0) is 0 Å². The summed E-state index contributed by atoms with van der Waals surface area (Å²) in [6, 6.07) is 6.02. The topological polar surface area (TPSA) is 68.9 Å². The standard InChI is InChI=1S/C14H21N3O2.HI/c1-3-18-11-7-8-13(19-4-2)12(9-11)17-14(15)16-10-5-6-10;/h7-10H,3-6H2,1-2H3,(H3,15,16,17);1H. The second-order valence-electron chi connectivity index (χ2n) is 4.39. The van der Waals surface area contributed by atoms with Gasteiger partial charge in [0.2, 0.25) is 0 Å². The number of hydrogen-bond acceptors (Lipinski definition) is 3. The molecule has 0 saturated heterocycles. The van der Waals surface area contributed by atoms with Gasteiger partial charge in [-0.1, -0.05) is 0 Å². The van der Waals surface area contributed by atoms with E-state index in [9.17, 15) is 0 Å². The van der Waals surface area contributed by atoms with Crippen LogP contribution in [0.2, 0.25) is 0 Å². The normalized spacial score (nSPS) is 14.4. The lowest BCUT2D eigenvalue weighted by Gasteiger charge is -2.13. The molecule has 0 atom stereocenters. The molecule has 0 radical (unpaired) electrons. The molecule has 2 rings (SSSR count). The quantitative estimate of drug-likeness (QED) is 0.445. The molecule has 1 aliphatic carbocycles. The Labute approximate surface area is 137 Å². The van der Waals surface area contributed by atoms with Gasteiger partial charge >= 0.3 is 0 Å². The highest BCUT2D eigenvalue weighted by Gasteiger charge is 2.20. The lowest BCUT2D eigenvalue weighted by atomic mass is 10.2. The van der Waals surface area contributed by atoms with Gasteiger partial charge in [0.15, 0.2) is 5.96 Å². The van der Waals surface area contributed by atoms with Crippen LogP contribution in [0.15, 0.2) is 23.2 Å². The zero-order chi connectivity index (χ0) is 13.7. The van der Waals surface area contributed by atoms with Gasteiger partial charge in [-0.05, 0) is 38.8 Å². The van der Waals surface area contributed by atoms with E-state index >= 15 is 0 Å². The molecule has 0 spiro atoms. The van der Waals surface area contributed by atoms with E-state index in [1.165, 1.54) is 0 Å². The Morgan fingerprint density at radius 3 is 2.60 bits per heavy atom. The van der Waals surface area contributed by atoms with Crippen LogP contribution in [0, 0.1) is 0 Å². The fourth-order valence-electron chi connectivity index (χ4n) is 1.72. The van der Waals surface area contributed by atoms with Gasteiger partial charge in [-0.15, -0.1) is 24.0 Å². The number of rotatable bonds is 6. The molecule has 0 heterocycles. The summed E-state index contributed by atoms with van der Waals surface area (Å²) in [6.45, 7) is 5.12. The van der Waals surface area contributed by atoms with Crippen LogP contribution < -0.4 is 20.5 Å². The van der Waals surface area contributed by atoms with E-state index in [1.54, 1.807) is 0 Å². The fourth-order valence-corrected chi connectivity index (χ4v) is 1.72. The molecule has 0 bridgehead atoms. The van der Waals surface area contributed by atoms with Crippen molar-refractivity contribution in [2.24, 2.45) is 10.7 Å². The maximum absolute atomic E-state index is 5.88. The smallest absolute Gasteiger partial charge is 0.193 e. The van der Waals surface area contributed by atoms with Crippen molar-refractivity contribution in [3.63, 3.8) is 0 Å². The molecular formula is C14H22IN3O2. The summed E-state index contributed by atoms with van der Waals surface area (Å²) in [5.74, 6) is 1.96. The third kappa shape index (κ3) is 5.07. The van der Waals surface area contributed by atoms with Gasteiger partial charge in [0.1, 0.15) is 11.5 Å². The largest absolute Gasteiger partial charge is 0.494 e. The SMILES string of the molecule is CCOc1ccc(OCC)c(NC(N)=NC2CC2)c1.I. The van der Waals surface area contributed by atoms with E-state index in [4.69, 9.17) is 15.2 Å². The number of ether oxygens (including phenoxy) is 2. The van der Waals surface area contributed by atoms with Gasteiger partial charge in [-0.25, -0.2) is 4.99 Å². The van der Waals surface area contributed by atoms with Crippen molar-refractivity contribution in [1.29, 1.82) is 0 Å². The maximum atomic E-state index is 5.88. The lowest BCUT2D eigenvalue weighted by Crippen LogP contribution is -2.23. The Hall–Kier alpha value is -1.18. The molecule has 0 unspecified atom stereocenters. The molecular weight excluding hydrogens is 369 g/mol. The summed E-state index contributed by atoms with van der Waals surface area (Å²) in [4.78, 5) is 4.35. The number of halogens is 1. The van der Waals surface area contributed by atoms with Crippen molar-refractivity contribution in [2.45, 2.75) is 32.7 Å². The number of nitrogens with two attached hydrogens (primary N) is 1. The number of guanidine groups is 1. The molecule has 0 amide bonds. The minimum absolute atomic E-state index is 0. The van der Waals surface area contributed by atoms with Crippen LogP contribution >= 0.6 is 24.0 Å². The first-order chi connectivity index (χ1) is 9.22. The number of nitrogens with zero attached hydrogens (tertiary/aromatic N) is 1. The van der Waals surface area contributed by atoms with Crippen molar-refractivity contribution in [3.8, 4) is 11.5 Å². The molecule has 1 aromatic rings. The summed E-state index contributed by atoms with van der Waals surface area (Å²) in [5.41, 5.74) is 6.67. The van der Waals surface area contributed by atoms with E-state index in [2.05, 4.69) is 10.3 Å².